The van der Waals surface area contributed by atoms with Crippen molar-refractivity contribution in [3.8, 4) is 0 Å². The molecule has 0 aliphatic rings. The summed E-state index contributed by atoms with van der Waals surface area (Å²) in [7, 11) is 0. The van der Waals surface area contributed by atoms with E-state index in [-0.39, 0.29) is 0 Å². The number of hydrogen-bond donors (Lipinski definition) is 1. The van der Waals surface area contributed by atoms with Gasteiger partial charge in [-0.3, -0.25) is 0 Å². The predicted octanol–water partition coefficient (Wildman–Crippen LogP) is 3.33. The van der Waals surface area contributed by atoms with Crippen LogP contribution in [0, 0.1) is 5.92 Å². The van der Waals surface area contributed by atoms with Crippen molar-refractivity contribution in [2.75, 3.05) is 0 Å². The summed E-state index contributed by atoms with van der Waals surface area (Å²) in [6.45, 7) is 6.73. The van der Waals surface area contributed by atoms with Crippen LogP contribution in [0.25, 0.3) is 0 Å². The van der Waals surface area contributed by atoms with Crippen molar-refractivity contribution in [3.05, 3.63) is 0 Å². The quantitative estimate of drug-likeness (QED) is 0.584. The van der Waals surface area contributed by atoms with E-state index in [1.165, 1.54) is 38.5 Å². The SMILES string of the molecule is CCCCCC(N)C(CC)CC. The molecule has 0 fully saturated rings. The Morgan fingerprint density at radius 2 is 1.58 bits per heavy atom. The van der Waals surface area contributed by atoms with Gasteiger partial charge in [-0.05, 0) is 12.3 Å². The first kappa shape index (κ1) is 12.0. The van der Waals surface area contributed by atoms with Gasteiger partial charge >= 0.3 is 0 Å². The number of rotatable bonds is 7. The first-order valence-electron chi connectivity index (χ1n) is 5.51. The standard InChI is InChI=1S/C11H25N/c1-4-7-8-9-11(12)10(5-2)6-3/h10-11H,4-9,12H2,1-3H3. The minimum absolute atomic E-state index is 0.451. The first-order valence-corrected chi connectivity index (χ1v) is 5.51. The van der Waals surface area contributed by atoms with Gasteiger partial charge in [0.05, 0.1) is 0 Å². The van der Waals surface area contributed by atoms with Crippen LogP contribution in [-0.2, 0) is 0 Å². The fraction of sp³-hybridized carbons (Fsp3) is 1.00. The fourth-order valence-corrected chi connectivity index (χ4v) is 1.76. The van der Waals surface area contributed by atoms with Gasteiger partial charge in [0.2, 0.25) is 0 Å². The van der Waals surface area contributed by atoms with E-state index >= 15 is 0 Å². The molecule has 0 aliphatic carbocycles. The summed E-state index contributed by atoms with van der Waals surface area (Å²) in [5, 5.41) is 0. The van der Waals surface area contributed by atoms with E-state index in [9.17, 15) is 0 Å². The third-order valence-electron chi connectivity index (χ3n) is 2.80. The maximum absolute atomic E-state index is 6.08. The van der Waals surface area contributed by atoms with Crippen molar-refractivity contribution in [1.82, 2.24) is 0 Å². The van der Waals surface area contributed by atoms with Crippen molar-refractivity contribution in [2.45, 2.75) is 65.3 Å². The van der Waals surface area contributed by atoms with Gasteiger partial charge < -0.3 is 5.73 Å². The fourth-order valence-electron chi connectivity index (χ4n) is 1.76. The summed E-state index contributed by atoms with van der Waals surface area (Å²) < 4.78 is 0. The lowest BCUT2D eigenvalue weighted by molar-refractivity contribution is 0.368. The van der Waals surface area contributed by atoms with Gasteiger partial charge in [0.25, 0.3) is 0 Å². The smallest absolute Gasteiger partial charge is 0.00669 e. The lowest BCUT2D eigenvalue weighted by Gasteiger charge is -2.20. The van der Waals surface area contributed by atoms with Gasteiger partial charge in [-0.2, -0.15) is 0 Å². The molecule has 0 aromatic heterocycles. The summed E-state index contributed by atoms with van der Waals surface area (Å²) in [5.74, 6) is 0.752. The maximum Gasteiger partial charge on any atom is 0.00669 e. The van der Waals surface area contributed by atoms with E-state index in [0.717, 1.165) is 5.92 Å². The molecule has 0 bridgehead atoms. The van der Waals surface area contributed by atoms with E-state index in [1.807, 2.05) is 0 Å². The van der Waals surface area contributed by atoms with Crippen LogP contribution in [0.1, 0.15) is 59.3 Å². The van der Waals surface area contributed by atoms with Crippen LogP contribution in [0.3, 0.4) is 0 Å². The molecule has 0 radical (unpaired) electrons. The average molecular weight is 171 g/mol. The van der Waals surface area contributed by atoms with Crippen LogP contribution in [0.5, 0.6) is 0 Å². The topological polar surface area (TPSA) is 26.0 Å². The van der Waals surface area contributed by atoms with Crippen LogP contribution in [0.4, 0.5) is 0 Å². The Balaban J connectivity index is 3.47. The Morgan fingerprint density at radius 1 is 1.00 bits per heavy atom. The minimum atomic E-state index is 0.451. The zero-order valence-electron chi connectivity index (χ0n) is 8.97. The van der Waals surface area contributed by atoms with E-state index in [0.29, 0.717) is 6.04 Å². The Morgan fingerprint density at radius 3 is 2.00 bits per heavy atom. The van der Waals surface area contributed by atoms with Crippen LogP contribution in [0.15, 0.2) is 0 Å². The Hall–Kier alpha value is -0.0400. The van der Waals surface area contributed by atoms with Gasteiger partial charge in [0.15, 0.2) is 0 Å². The lowest BCUT2D eigenvalue weighted by atomic mass is 9.91. The Kier molecular flexibility index (Phi) is 7.58. The monoisotopic (exact) mass is 171 g/mol. The van der Waals surface area contributed by atoms with E-state index in [1.54, 1.807) is 0 Å². The van der Waals surface area contributed by atoms with Gasteiger partial charge in [-0.25, -0.2) is 0 Å². The highest BCUT2D eigenvalue weighted by Gasteiger charge is 2.12. The molecule has 74 valence electrons. The van der Waals surface area contributed by atoms with E-state index in [4.69, 9.17) is 5.73 Å². The Labute approximate surface area is 77.7 Å². The maximum atomic E-state index is 6.08. The summed E-state index contributed by atoms with van der Waals surface area (Å²) >= 11 is 0. The third kappa shape index (κ3) is 4.76. The van der Waals surface area contributed by atoms with Crippen molar-refractivity contribution >= 4 is 0 Å². The summed E-state index contributed by atoms with van der Waals surface area (Å²) in [4.78, 5) is 0. The van der Waals surface area contributed by atoms with Crippen molar-refractivity contribution in [3.63, 3.8) is 0 Å². The molecule has 2 N–H and O–H groups in total. The van der Waals surface area contributed by atoms with Crippen molar-refractivity contribution < 1.29 is 0 Å². The highest BCUT2D eigenvalue weighted by atomic mass is 14.6. The molecular formula is C11H25N. The molecule has 0 saturated heterocycles. The summed E-state index contributed by atoms with van der Waals surface area (Å²) in [6.07, 6.45) is 7.66. The molecule has 0 amide bonds. The second kappa shape index (κ2) is 7.60. The third-order valence-corrected chi connectivity index (χ3v) is 2.80. The molecule has 0 heterocycles. The molecule has 0 aliphatic heterocycles. The molecule has 1 nitrogen and oxygen atoms in total. The normalized spacial score (nSPS) is 13.8. The second-order valence-electron chi connectivity index (χ2n) is 3.74. The molecule has 1 atom stereocenters. The largest absolute Gasteiger partial charge is 0.327 e. The van der Waals surface area contributed by atoms with Crippen LogP contribution < -0.4 is 5.73 Å². The molecule has 0 saturated carbocycles. The van der Waals surface area contributed by atoms with Crippen molar-refractivity contribution in [2.24, 2.45) is 11.7 Å². The minimum Gasteiger partial charge on any atom is -0.327 e. The number of nitrogens with two attached hydrogens (primary N) is 1. The molecule has 0 aromatic carbocycles. The zero-order valence-corrected chi connectivity index (χ0v) is 8.97. The highest BCUT2D eigenvalue weighted by molar-refractivity contribution is 4.70. The molecule has 12 heavy (non-hydrogen) atoms. The zero-order chi connectivity index (χ0) is 9.40. The van der Waals surface area contributed by atoms with Crippen LogP contribution >= 0.6 is 0 Å². The summed E-state index contributed by atoms with van der Waals surface area (Å²) in [5.41, 5.74) is 6.08. The average Bonchev–Trinajstić information content (AvgIpc) is 2.07. The molecule has 0 aromatic rings. The van der Waals surface area contributed by atoms with Crippen LogP contribution in [0.2, 0.25) is 0 Å². The first-order chi connectivity index (χ1) is 5.76. The lowest BCUT2D eigenvalue weighted by Crippen LogP contribution is -2.29. The molecular weight excluding hydrogens is 146 g/mol. The number of unbranched alkanes of at least 4 members (excludes halogenated alkanes) is 2. The Bertz CT molecular complexity index is 87.0. The van der Waals surface area contributed by atoms with E-state index < -0.39 is 0 Å². The molecule has 1 heteroatoms. The van der Waals surface area contributed by atoms with Gasteiger partial charge in [-0.1, -0.05) is 52.9 Å². The molecule has 0 rings (SSSR count). The van der Waals surface area contributed by atoms with Crippen LogP contribution in [-0.4, -0.2) is 6.04 Å². The molecule has 0 spiro atoms. The van der Waals surface area contributed by atoms with Gasteiger partial charge in [0, 0.05) is 6.04 Å². The highest BCUT2D eigenvalue weighted by Crippen LogP contribution is 2.16. The number of hydrogen-bond acceptors (Lipinski definition) is 1. The second-order valence-corrected chi connectivity index (χ2v) is 3.74. The summed E-state index contributed by atoms with van der Waals surface area (Å²) in [6, 6.07) is 0.451. The van der Waals surface area contributed by atoms with Gasteiger partial charge in [0.1, 0.15) is 0 Å². The van der Waals surface area contributed by atoms with Crippen molar-refractivity contribution in [1.29, 1.82) is 0 Å². The van der Waals surface area contributed by atoms with Gasteiger partial charge in [-0.15, -0.1) is 0 Å². The molecule has 1 unspecified atom stereocenters. The predicted molar refractivity (Wildman–Crippen MR) is 56.2 cm³/mol. The van der Waals surface area contributed by atoms with E-state index in [2.05, 4.69) is 20.8 Å².